The van der Waals surface area contributed by atoms with Crippen molar-refractivity contribution in [3.05, 3.63) is 101 Å². The Morgan fingerprint density at radius 3 is 1.97 bits per heavy atom. The zero-order chi connectivity index (χ0) is 24.5. The highest BCUT2D eigenvalue weighted by molar-refractivity contribution is 9.13. The summed E-state index contributed by atoms with van der Waals surface area (Å²) in [4.78, 5) is 0. The Morgan fingerprint density at radius 1 is 0.788 bits per heavy atom. The molecule has 0 aliphatic carbocycles. The van der Waals surface area contributed by atoms with E-state index in [9.17, 15) is 8.78 Å². The van der Waals surface area contributed by atoms with Gasteiger partial charge in [0.25, 0.3) is 0 Å². The van der Waals surface area contributed by atoms with Crippen LogP contribution in [-0.4, -0.2) is 13.1 Å². The molecule has 3 aromatic rings. The summed E-state index contributed by atoms with van der Waals surface area (Å²) >= 11 is 13.6. The standard InChI is InChI=1S/C16H16Br3FN2.C8H9BrFN/c1-9(10-2-5-13(17)15(19)6-10)22-16(8-21)12-4-3-11(20)7-14(12)18;9-8-5-7(10)2-1-6(8)3-4-11/h2-7,9,16,22H,8,21H2,1H3;1-2,5H,3-4,11H2. The van der Waals surface area contributed by atoms with E-state index >= 15 is 0 Å². The number of halogens is 6. The molecule has 0 aromatic heterocycles. The van der Waals surface area contributed by atoms with Crippen molar-refractivity contribution in [2.45, 2.75) is 25.4 Å². The SMILES string of the molecule is CC(NC(CN)c1ccc(F)cc1Br)c1ccc(Br)c(Br)c1.NCCc1ccc(F)cc1Br. The maximum Gasteiger partial charge on any atom is 0.124 e. The van der Waals surface area contributed by atoms with Gasteiger partial charge in [-0.25, -0.2) is 8.78 Å². The molecule has 2 unspecified atom stereocenters. The van der Waals surface area contributed by atoms with E-state index in [4.69, 9.17) is 11.5 Å². The van der Waals surface area contributed by atoms with E-state index in [2.05, 4.69) is 88.1 Å². The maximum atomic E-state index is 13.2. The number of rotatable bonds is 7. The molecule has 9 heteroatoms. The monoisotopic (exact) mass is 709 g/mol. The molecule has 0 radical (unpaired) electrons. The number of benzene rings is 3. The van der Waals surface area contributed by atoms with Crippen LogP contribution in [0, 0.1) is 11.6 Å². The fraction of sp³-hybridized carbons (Fsp3) is 0.250. The van der Waals surface area contributed by atoms with Crippen molar-refractivity contribution in [1.82, 2.24) is 5.32 Å². The van der Waals surface area contributed by atoms with Crippen LogP contribution in [0.4, 0.5) is 8.78 Å². The number of nitrogens with one attached hydrogen (secondary N) is 1. The van der Waals surface area contributed by atoms with Gasteiger partial charge in [-0.3, -0.25) is 0 Å². The maximum absolute atomic E-state index is 13.2. The average Bonchev–Trinajstić information content (AvgIpc) is 2.77. The van der Waals surface area contributed by atoms with E-state index in [1.54, 1.807) is 12.1 Å². The van der Waals surface area contributed by atoms with Crippen LogP contribution in [0.1, 0.15) is 35.7 Å². The summed E-state index contributed by atoms with van der Waals surface area (Å²) in [5.74, 6) is -0.492. The van der Waals surface area contributed by atoms with Gasteiger partial charge >= 0.3 is 0 Å². The lowest BCUT2D eigenvalue weighted by atomic mass is 10.0. The number of hydrogen-bond donors (Lipinski definition) is 3. The van der Waals surface area contributed by atoms with E-state index < -0.39 is 0 Å². The Bertz CT molecular complexity index is 1070. The largest absolute Gasteiger partial charge is 0.330 e. The molecule has 0 amide bonds. The molecule has 0 heterocycles. The summed E-state index contributed by atoms with van der Waals surface area (Å²) in [6, 6.07) is 15.5. The van der Waals surface area contributed by atoms with E-state index in [1.807, 2.05) is 6.07 Å². The van der Waals surface area contributed by atoms with Crippen LogP contribution >= 0.6 is 63.7 Å². The summed E-state index contributed by atoms with van der Waals surface area (Å²) in [5, 5.41) is 3.49. The fourth-order valence-corrected chi connectivity index (χ4v) is 4.95. The minimum atomic E-state index is -0.267. The summed E-state index contributed by atoms with van der Waals surface area (Å²) in [7, 11) is 0. The van der Waals surface area contributed by atoms with Crippen LogP contribution in [0.15, 0.2) is 72.5 Å². The second-order valence-corrected chi connectivity index (χ2v) is 10.7. The predicted molar refractivity (Wildman–Crippen MR) is 146 cm³/mol. The highest BCUT2D eigenvalue weighted by atomic mass is 79.9. The third-order valence-electron chi connectivity index (χ3n) is 4.90. The first-order valence-electron chi connectivity index (χ1n) is 10.2. The smallest absolute Gasteiger partial charge is 0.124 e. The van der Waals surface area contributed by atoms with Crippen molar-refractivity contribution in [3.63, 3.8) is 0 Å². The van der Waals surface area contributed by atoms with Crippen molar-refractivity contribution in [1.29, 1.82) is 0 Å². The van der Waals surface area contributed by atoms with Gasteiger partial charge in [0.15, 0.2) is 0 Å². The predicted octanol–water partition coefficient (Wildman–Crippen LogP) is 7.55. The van der Waals surface area contributed by atoms with Crippen LogP contribution in [0.3, 0.4) is 0 Å². The summed E-state index contributed by atoms with van der Waals surface area (Å²) in [6.45, 7) is 3.09. The molecule has 0 aliphatic heterocycles. The highest BCUT2D eigenvalue weighted by Crippen LogP contribution is 2.29. The van der Waals surface area contributed by atoms with Gasteiger partial charge in [-0.1, -0.05) is 50.1 Å². The van der Waals surface area contributed by atoms with Gasteiger partial charge in [0.05, 0.1) is 0 Å². The molecule has 0 saturated carbocycles. The van der Waals surface area contributed by atoms with Crippen LogP contribution in [-0.2, 0) is 6.42 Å². The van der Waals surface area contributed by atoms with Crippen molar-refractivity contribution in [3.8, 4) is 0 Å². The minimum Gasteiger partial charge on any atom is -0.330 e. The Kier molecular flexibility index (Phi) is 12.1. The molecule has 3 nitrogen and oxygen atoms in total. The summed E-state index contributed by atoms with van der Waals surface area (Å²) in [6.07, 6.45) is 0.779. The molecular weight excluding hydrogens is 688 g/mol. The summed E-state index contributed by atoms with van der Waals surface area (Å²) < 4.78 is 29.3. The molecule has 0 bridgehead atoms. The third-order valence-corrected chi connectivity index (χ3v) is 8.20. The minimum absolute atomic E-state index is 0.0626. The van der Waals surface area contributed by atoms with Gasteiger partial charge in [-0.2, -0.15) is 0 Å². The Morgan fingerprint density at radius 2 is 1.42 bits per heavy atom. The van der Waals surface area contributed by atoms with E-state index in [0.29, 0.717) is 13.1 Å². The Labute approximate surface area is 227 Å². The van der Waals surface area contributed by atoms with Gasteiger partial charge in [0.1, 0.15) is 11.6 Å². The molecular formula is C24H25Br4F2N3. The molecule has 178 valence electrons. The van der Waals surface area contributed by atoms with Crippen LogP contribution in [0.2, 0.25) is 0 Å². The molecule has 2 atom stereocenters. The second kappa shape index (κ2) is 14.0. The molecule has 3 rings (SSSR count). The fourth-order valence-electron chi connectivity index (χ4n) is 3.13. The van der Waals surface area contributed by atoms with Crippen LogP contribution in [0.25, 0.3) is 0 Å². The highest BCUT2D eigenvalue weighted by Gasteiger charge is 2.17. The molecule has 0 fully saturated rings. The first kappa shape index (κ1) is 28.6. The van der Waals surface area contributed by atoms with Crippen molar-refractivity contribution in [2.24, 2.45) is 11.5 Å². The van der Waals surface area contributed by atoms with Crippen LogP contribution in [0.5, 0.6) is 0 Å². The third kappa shape index (κ3) is 8.80. The number of hydrogen-bond acceptors (Lipinski definition) is 3. The van der Waals surface area contributed by atoms with Crippen LogP contribution < -0.4 is 16.8 Å². The molecule has 0 spiro atoms. The summed E-state index contributed by atoms with van der Waals surface area (Å²) in [5.41, 5.74) is 14.4. The zero-order valence-corrected chi connectivity index (χ0v) is 24.2. The van der Waals surface area contributed by atoms with E-state index in [0.717, 1.165) is 41.0 Å². The van der Waals surface area contributed by atoms with Gasteiger partial charge in [-0.15, -0.1) is 0 Å². The lowest BCUT2D eigenvalue weighted by molar-refractivity contribution is 0.471. The van der Waals surface area contributed by atoms with Crippen molar-refractivity contribution in [2.75, 3.05) is 13.1 Å². The second-order valence-electron chi connectivity index (χ2n) is 7.29. The molecule has 33 heavy (non-hydrogen) atoms. The number of nitrogens with two attached hydrogens (primary N) is 2. The first-order valence-corrected chi connectivity index (χ1v) is 13.3. The van der Waals surface area contributed by atoms with Gasteiger partial charge in [-0.05, 0) is 105 Å². The molecule has 3 aromatic carbocycles. The van der Waals surface area contributed by atoms with Crippen molar-refractivity contribution >= 4 is 63.7 Å². The van der Waals surface area contributed by atoms with E-state index in [-0.39, 0.29) is 23.7 Å². The average molecular weight is 713 g/mol. The van der Waals surface area contributed by atoms with Gasteiger partial charge in [0, 0.05) is 36.5 Å². The molecule has 0 saturated heterocycles. The molecule has 0 aliphatic rings. The normalized spacial score (nSPS) is 12.6. The van der Waals surface area contributed by atoms with Gasteiger partial charge in [0.2, 0.25) is 0 Å². The molecule has 5 N–H and O–H groups in total. The first-order chi connectivity index (χ1) is 15.7. The lowest BCUT2D eigenvalue weighted by Crippen LogP contribution is -2.30. The Hall–Kier alpha value is -0.680. The van der Waals surface area contributed by atoms with Crippen molar-refractivity contribution < 1.29 is 8.78 Å². The van der Waals surface area contributed by atoms with Gasteiger partial charge < -0.3 is 16.8 Å². The zero-order valence-electron chi connectivity index (χ0n) is 17.9. The topological polar surface area (TPSA) is 64.1 Å². The van der Waals surface area contributed by atoms with E-state index in [1.165, 1.54) is 24.3 Å². The quantitative estimate of drug-likeness (QED) is 0.237. The lowest BCUT2D eigenvalue weighted by Gasteiger charge is -2.24. The Balaban J connectivity index is 0.000000294.